The first-order valence-corrected chi connectivity index (χ1v) is 6.21. The lowest BCUT2D eigenvalue weighted by molar-refractivity contribution is 0.386. The number of halogens is 3. The zero-order chi connectivity index (χ0) is 15.0. The van der Waals surface area contributed by atoms with E-state index in [0.717, 1.165) is 12.1 Å². The maximum Gasteiger partial charge on any atom is 0.165 e. The normalized spacial score (nSPS) is 11.0. The van der Waals surface area contributed by atoms with Gasteiger partial charge >= 0.3 is 0 Å². The van der Waals surface area contributed by atoms with E-state index in [0.29, 0.717) is 23.1 Å². The van der Waals surface area contributed by atoms with Gasteiger partial charge in [-0.15, -0.1) is 0 Å². The Hall–Kier alpha value is -2.50. The molecule has 0 saturated carbocycles. The summed E-state index contributed by atoms with van der Waals surface area (Å²) in [4.78, 5) is 4.01. The van der Waals surface area contributed by atoms with E-state index in [-0.39, 0.29) is 5.75 Å². The van der Waals surface area contributed by atoms with E-state index in [1.54, 1.807) is 10.6 Å². The highest BCUT2D eigenvalue weighted by molar-refractivity contribution is 5.75. The van der Waals surface area contributed by atoms with Crippen LogP contribution in [0.4, 0.5) is 13.2 Å². The van der Waals surface area contributed by atoms with Gasteiger partial charge in [0.1, 0.15) is 0 Å². The molecule has 21 heavy (non-hydrogen) atoms. The van der Waals surface area contributed by atoms with Crippen LogP contribution in [0.2, 0.25) is 0 Å². The molecule has 0 spiro atoms. The van der Waals surface area contributed by atoms with Gasteiger partial charge in [-0.1, -0.05) is 6.07 Å². The summed E-state index contributed by atoms with van der Waals surface area (Å²) in [7, 11) is 1.39. The topological polar surface area (TPSA) is 27.1 Å². The first kappa shape index (κ1) is 13.5. The summed E-state index contributed by atoms with van der Waals surface area (Å²) < 4.78 is 46.6. The van der Waals surface area contributed by atoms with Crippen LogP contribution < -0.4 is 4.74 Å². The van der Waals surface area contributed by atoms with Crippen LogP contribution in [0.15, 0.2) is 36.7 Å². The molecule has 3 nitrogen and oxygen atoms in total. The van der Waals surface area contributed by atoms with Gasteiger partial charge in [0, 0.05) is 18.7 Å². The Morgan fingerprint density at radius 3 is 2.52 bits per heavy atom. The predicted molar refractivity (Wildman–Crippen MR) is 71.7 cm³/mol. The average Bonchev–Trinajstić information content (AvgIpc) is 2.82. The molecule has 6 heteroatoms. The Morgan fingerprint density at radius 2 is 1.81 bits per heavy atom. The molecule has 0 aliphatic heterocycles. The van der Waals surface area contributed by atoms with Crippen LogP contribution in [0.25, 0.3) is 11.0 Å². The summed E-state index contributed by atoms with van der Waals surface area (Å²) in [5.74, 6) is -2.20. The standard InChI is InChI=1S/C15H11F3N2O/c1-21-15-3-2-9(4-12(15)18)7-20-8-19-13-5-10(16)11(17)6-14(13)20/h2-6,8H,7H2,1H3. The summed E-state index contributed by atoms with van der Waals surface area (Å²) in [6, 6.07) is 6.68. The van der Waals surface area contributed by atoms with Crippen molar-refractivity contribution in [2.75, 3.05) is 7.11 Å². The molecule has 1 aromatic heterocycles. The molecule has 0 amide bonds. The molecule has 0 aliphatic rings. The van der Waals surface area contributed by atoms with Crippen LogP contribution in [-0.4, -0.2) is 16.7 Å². The second-order valence-electron chi connectivity index (χ2n) is 4.60. The zero-order valence-corrected chi connectivity index (χ0v) is 11.1. The Bertz CT molecular complexity index is 814. The highest BCUT2D eigenvalue weighted by Gasteiger charge is 2.10. The fraction of sp³-hybridized carbons (Fsp3) is 0.133. The molecule has 0 aliphatic carbocycles. The maximum absolute atomic E-state index is 13.7. The van der Waals surface area contributed by atoms with E-state index in [9.17, 15) is 13.2 Å². The molecule has 108 valence electrons. The van der Waals surface area contributed by atoms with Crippen molar-refractivity contribution < 1.29 is 17.9 Å². The molecular formula is C15H11F3N2O. The molecular weight excluding hydrogens is 281 g/mol. The van der Waals surface area contributed by atoms with Crippen molar-refractivity contribution in [3.8, 4) is 5.75 Å². The Labute approximate surface area is 118 Å². The van der Waals surface area contributed by atoms with Gasteiger partial charge in [-0.3, -0.25) is 0 Å². The molecule has 0 unspecified atom stereocenters. The molecule has 0 bridgehead atoms. The van der Waals surface area contributed by atoms with Crippen LogP contribution in [0, 0.1) is 17.5 Å². The highest BCUT2D eigenvalue weighted by atomic mass is 19.2. The fourth-order valence-electron chi connectivity index (χ4n) is 2.18. The lowest BCUT2D eigenvalue weighted by Crippen LogP contribution is -2.00. The lowest BCUT2D eigenvalue weighted by Gasteiger charge is -2.07. The Morgan fingerprint density at radius 1 is 1.05 bits per heavy atom. The number of fused-ring (bicyclic) bond motifs is 1. The SMILES string of the molecule is COc1ccc(Cn2cnc3cc(F)c(F)cc32)cc1F. The van der Waals surface area contributed by atoms with E-state index in [1.807, 2.05) is 0 Å². The van der Waals surface area contributed by atoms with E-state index in [1.165, 1.54) is 25.6 Å². The van der Waals surface area contributed by atoms with Gasteiger partial charge < -0.3 is 9.30 Å². The molecule has 3 rings (SSSR count). The fourth-order valence-corrected chi connectivity index (χ4v) is 2.18. The van der Waals surface area contributed by atoms with E-state index >= 15 is 0 Å². The monoisotopic (exact) mass is 292 g/mol. The minimum absolute atomic E-state index is 0.155. The van der Waals surface area contributed by atoms with Gasteiger partial charge in [0.25, 0.3) is 0 Å². The van der Waals surface area contributed by atoms with Crippen molar-refractivity contribution in [3.05, 3.63) is 59.7 Å². The van der Waals surface area contributed by atoms with Gasteiger partial charge in [0.15, 0.2) is 23.2 Å². The van der Waals surface area contributed by atoms with Crippen LogP contribution in [0.1, 0.15) is 5.56 Å². The molecule has 0 N–H and O–H groups in total. The largest absolute Gasteiger partial charge is 0.494 e. The smallest absolute Gasteiger partial charge is 0.165 e. The summed E-state index contributed by atoms with van der Waals surface area (Å²) in [6.45, 7) is 0.294. The second kappa shape index (κ2) is 5.12. The number of hydrogen-bond acceptors (Lipinski definition) is 2. The molecule has 0 radical (unpaired) electrons. The zero-order valence-electron chi connectivity index (χ0n) is 11.1. The first-order chi connectivity index (χ1) is 10.1. The number of rotatable bonds is 3. The lowest BCUT2D eigenvalue weighted by atomic mass is 10.2. The Kier molecular flexibility index (Phi) is 3.29. The van der Waals surface area contributed by atoms with E-state index < -0.39 is 17.5 Å². The van der Waals surface area contributed by atoms with Gasteiger partial charge in [-0.05, 0) is 17.7 Å². The molecule has 1 heterocycles. The van der Waals surface area contributed by atoms with Crippen molar-refractivity contribution in [2.24, 2.45) is 0 Å². The summed E-state index contributed by atoms with van der Waals surface area (Å²) in [5, 5.41) is 0. The minimum Gasteiger partial charge on any atom is -0.494 e. The third-order valence-corrected chi connectivity index (χ3v) is 3.23. The summed E-state index contributed by atoms with van der Waals surface area (Å²) >= 11 is 0. The molecule has 0 fully saturated rings. The van der Waals surface area contributed by atoms with Crippen molar-refractivity contribution in [1.82, 2.24) is 9.55 Å². The van der Waals surface area contributed by atoms with Gasteiger partial charge in [-0.2, -0.15) is 0 Å². The third-order valence-electron chi connectivity index (χ3n) is 3.23. The number of benzene rings is 2. The van der Waals surface area contributed by atoms with Crippen molar-refractivity contribution >= 4 is 11.0 Å². The van der Waals surface area contributed by atoms with Gasteiger partial charge in [-0.25, -0.2) is 18.2 Å². The van der Waals surface area contributed by atoms with Crippen LogP contribution in [0.3, 0.4) is 0 Å². The highest BCUT2D eigenvalue weighted by Crippen LogP contribution is 2.21. The van der Waals surface area contributed by atoms with Crippen LogP contribution in [0.5, 0.6) is 5.75 Å². The maximum atomic E-state index is 13.7. The Balaban J connectivity index is 1.98. The van der Waals surface area contributed by atoms with Gasteiger partial charge in [0.2, 0.25) is 0 Å². The number of imidazole rings is 1. The number of ether oxygens (including phenoxy) is 1. The van der Waals surface area contributed by atoms with Crippen molar-refractivity contribution in [1.29, 1.82) is 0 Å². The van der Waals surface area contributed by atoms with Crippen LogP contribution in [-0.2, 0) is 6.54 Å². The number of hydrogen-bond donors (Lipinski definition) is 0. The molecule has 0 atom stereocenters. The number of nitrogens with zero attached hydrogens (tertiary/aromatic N) is 2. The molecule has 0 saturated heterocycles. The van der Waals surface area contributed by atoms with Gasteiger partial charge in [0.05, 0.1) is 24.5 Å². The van der Waals surface area contributed by atoms with Crippen molar-refractivity contribution in [2.45, 2.75) is 6.54 Å². The minimum atomic E-state index is -0.941. The quantitative estimate of drug-likeness (QED) is 0.738. The van der Waals surface area contributed by atoms with Crippen LogP contribution >= 0.6 is 0 Å². The second-order valence-corrected chi connectivity index (χ2v) is 4.60. The average molecular weight is 292 g/mol. The third kappa shape index (κ3) is 2.44. The summed E-state index contributed by atoms with van der Waals surface area (Å²) in [5.41, 5.74) is 1.46. The number of methoxy groups -OCH3 is 1. The number of aromatic nitrogens is 2. The first-order valence-electron chi connectivity index (χ1n) is 6.21. The molecule has 2 aromatic carbocycles. The van der Waals surface area contributed by atoms with E-state index in [2.05, 4.69) is 4.98 Å². The van der Waals surface area contributed by atoms with Crippen molar-refractivity contribution in [3.63, 3.8) is 0 Å². The molecule has 3 aromatic rings. The summed E-state index contributed by atoms with van der Waals surface area (Å²) in [6.07, 6.45) is 1.46. The van der Waals surface area contributed by atoms with E-state index in [4.69, 9.17) is 4.74 Å². The predicted octanol–water partition coefficient (Wildman–Crippen LogP) is 3.51.